The highest BCUT2D eigenvalue weighted by Gasteiger charge is 2.60. The molecule has 1 N–H and O–H groups in total. The molecule has 0 radical (unpaired) electrons. The van der Waals surface area contributed by atoms with Crippen LogP contribution in [0.15, 0.2) is 71.2 Å². The molecule has 0 bridgehead atoms. The van der Waals surface area contributed by atoms with E-state index in [1.165, 1.54) is 11.3 Å². The molecule has 0 spiro atoms. The molecule has 0 amide bonds. The van der Waals surface area contributed by atoms with Gasteiger partial charge in [0.25, 0.3) is 0 Å². The van der Waals surface area contributed by atoms with Crippen molar-refractivity contribution in [2.45, 2.75) is 45.1 Å². The lowest BCUT2D eigenvalue weighted by molar-refractivity contribution is -0.153. The third kappa shape index (κ3) is 4.53. The smallest absolute Gasteiger partial charge is 0.336 e. The number of thiazole rings is 1. The van der Waals surface area contributed by atoms with Crippen molar-refractivity contribution in [1.29, 1.82) is 0 Å². The van der Waals surface area contributed by atoms with Crippen LogP contribution < -0.4 is 5.32 Å². The van der Waals surface area contributed by atoms with Crippen molar-refractivity contribution in [2.75, 3.05) is 13.2 Å². The number of carbonyl (C=O) groups excluding carboxylic acids is 2. The minimum Gasteiger partial charge on any atom is -0.465 e. The molecule has 36 heavy (non-hydrogen) atoms. The minimum atomic E-state index is -1.32. The molecule has 0 aliphatic carbocycles. The highest BCUT2D eigenvalue weighted by atomic mass is 35.5. The average Bonchev–Trinajstić information content (AvgIpc) is 3.35. The summed E-state index contributed by atoms with van der Waals surface area (Å²) < 4.78 is 11.2. The second-order valence-electron chi connectivity index (χ2n) is 8.61. The first-order valence-electron chi connectivity index (χ1n) is 11.9. The van der Waals surface area contributed by atoms with Crippen LogP contribution >= 0.6 is 22.9 Å². The van der Waals surface area contributed by atoms with Crippen molar-refractivity contribution >= 4 is 34.9 Å². The van der Waals surface area contributed by atoms with E-state index in [1.807, 2.05) is 67.8 Å². The molecule has 1 aromatic heterocycles. The fraction of sp³-hybridized carbons (Fsp3) is 0.321. The van der Waals surface area contributed by atoms with Crippen LogP contribution in [0.25, 0.3) is 11.3 Å². The highest BCUT2D eigenvalue weighted by molar-refractivity contribution is 7.10. The van der Waals surface area contributed by atoms with Gasteiger partial charge in [-0.15, -0.1) is 11.3 Å². The molecule has 3 aromatic rings. The molecule has 0 saturated carbocycles. The number of hydrogen-bond acceptors (Lipinski definition) is 7. The van der Waals surface area contributed by atoms with Crippen molar-refractivity contribution in [3.8, 4) is 11.3 Å². The van der Waals surface area contributed by atoms with Gasteiger partial charge in [-0.25, -0.2) is 9.78 Å². The van der Waals surface area contributed by atoms with Crippen LogP contribution in [0.3, 0.4) is 0 Å². The highest BCUT2D eigenvalue weighted by Crippen LogP contribution is 2.52. The zero-order chi connectivity index (χ0) is 25.9. The molecule has 1 aliphatic heterocycles. The van der Waals surface area contributed by atoms with Crippen LogP contribution in [-0.4, -0.2) is 36.2 Å². The van der Waals surface area contributed by atoms with Gasteiger partial charge < -0.3 is 14.8 Å². The quantitative estimate of drug-likeness (QED) is 0.389. The molecule has 3 atom stereocenters. The second-order valence-corrected chi connectivity index (χ2v) is 9.90. The summed E-state index contributed by atoms with van der Waals surface area (Å²) in [7, 11) is 0. The van der Waals surface area contributed by atoms with Crippen molar-refractivity contribution in [3.63, 3.8) is 0 Å². The Morgan fingerprint density at radius 3 is 2.47 bits per heavy atom. The van der Waals surface area contributed by atoms with Gasteiger partial charge >= 0.3 is 11.9 Å². The van der Waals surface area contributed by atoms with Crippen LogP contribution in [0.5, 0.6) is 0 Å². The number of aromatic nitrogens is 1. The molecule has 4 rings (SSSR count). The Balaban J connectivity index is 2.01. The lowest BCUT2D eigenvalue weighted by Gasteiger charge is -2.46. The van der Waals surface area contributed by atoms with Crippen LogP contribution in [0, 0.1) is 0 Å². The van der Waals surface area contributed by atoms with Crippen molar-refractivity contribution in [2.24, 2.45) is 0 Å². The number of nitrogens with zero attached hydrogens (tertiary/aromatic N) is 1. The average molecular weight is 525 g/mol. The van der Waals surface area contributed by atoms with Gasteiger partial charge in [-0.05, 0) is 45.4 Å². The van der Waals surface area contributed by atoms with E-state index in [9.17, 15) is 9.59 Å². The van der Waals surface area contributed by atoms with E-state index in [4.69, 9.17) is 26.1 Å². The lowest BCUT2D eigenvalue weighted by Crippen LogP contribution is -2.60. The summed E-state index contributed by atoms with van der Waals surface area (Å²) in [5.74, 6) is -1.59. The molecule has 8 heteroatoms. The zero-order valence-electron chi connectivity index (χ0n) is 20.7. The molecular weight excluding hydrogens is 496 g/mol. The molecule has 0 saturated heterocycles. The van der Waals surface area contributed by atoms with Gasteiger partial charge in [0, 0.05) is 33.6 Å². The fourth-order valence-electron chi connectivity index (χ4n) is 4.95. The van der Waals surface area contributed by atoms with E-state index < -0.39 is 29.3 Å². The minimum absolute atomic E-state index is 0.193. The van der Waals surface area contributed by atoms with Gasteiger partial charge in [0.05, 0.1) is 24.5 Å². The predicted octanol–water partition coefficient (Wildman–Crippen LogP) is 5.88. The first kappa shape index (κ1) is 25.9. The van der Waals surface area contributed by atoms with Gasteiger partial charge in [0.2, 0.25) is 0 Å². The van der Waals surface area contributed by atoms with Gasteiger partial charge in [-0.3, -0.25) is 4.79 Å². The normalized spacial score (nSPS) is 21.6. The maximum Gasteiger partial charge on any atom is 0.336 e. The molecule has 3 unspecified atom stereocenters. The van der Waals surface area contributed by atoms with Crippen LogP contribution in [-0.2, 0) is 24.5 Å². The molecule has 188 valence electrons. The van der Waals surface area contributed by atoms with Gasteiger partial charge in [-0.2, -0.15) is 0 Å². The maximum atomic E-state index is 14.1. The van der Waals surface area contributed by atoms with Gasteiger partial charge in [0.15, 0.2) is 5.41 Å². The Bertz CT molecular complexity index is 1290. The maximum absolute atomic E-state index is 14.1. The number of hydrogen-bond donors (Lipinski definition) is 1. The first-order valence-corrected chi connectivity index (χ1v) is 13.2. The number of rotatable bonds is 7. The monoisotopic (exact) mass is 524 g/mol. The number of benzene rings is 2. The van der Waals surface area contributed by atoms with E-state index in [0.717, 1.165) is 11.1 Å². The predicted molar refractivity (Wildman–Crippen MR) is 142 cm³/mol. The standard InChI is InChI=1S/C28H29ClN2O4S/c1-5-34-25(32)23-17(3)30-18(4)28(27(33)35-6-2,24(23)19-11-8-7-9-12-19)26-31-22(16-36-26)20-13-10-14-21(29)15-20/h7-16,18,24,30H,5-6H2,1-4H3. The number of esters is 2. The largest absolute Gasteiger partial charge is 0.465 e. The van der Waals surface area contributed by atoms with Crippen molar-refractivity contribution in [1.82, 2.24) is 10.3 Å². The van der Waals surface area contributed by atoms with E-state index >= 15 is 0 Å². The Kier molecular flexibility index (Phi) is 7.81. The van der Waals surface area contributed by atoms with E-state index in [2.05, 4.69) is 5.32 Å². The molecule has 2 heterocycles. The number of nitrogens with one attached hydrogen (secondary N) is 1. The summed E-state index contributed by atoms with van der Waals surface area (Å²) in [6.45, 7) is 7.72. The summed E-state index contributed by atoms with van der Waals surface area (Å²) in [4.78, 5) is 32.4. The third-order valence-corrected chi connectivity index (χ3v) is 7.71. The Morgan fingerprint density at radius 1 is 1.08 bits per heavy atom. The summed E-state index contributed by atoms with van der Waals surface area (Å²) in [6.07, 6.45) is 0. The molecule has 1 aliphatic rings. The number of halogens is 1. The Hall–Kier alpha value is -3.16. The SMILES string of the molecule is CCOC(=O)C1=C(C)NC(C)C(C(=O)OCC)(c2nc(-c3cccc(Cl)c3)cs2)C1c1ccccc1. The van der Waals surface area contributed by atoms with Gasteiger partial charge in [0.1, 0.15) is 5.01 Å². The van der Waals surface area contributed by atoms with Crippen LogP contribution in [0.2, 0.25) is 5.02 Å². The van der Waals surface area contributed by atoms with Gasteiger partial charge in [-0.1, -0.05) is 54.1 Å². The summed E-state index contributed by atoms with van der Waals surface area (Å²) >= 11 is 7.60. The van der Waals surface area contributed by atoms with Crippen molar-refractivity contribution in [3.05, 3.63) is 86.8 Å². The molecule has 6 nitrogen and oxygen atoms in total. The molecule has 0 fully saturated rings. The first-order chi connectivity index (χ1) is 17.3. The summed E-state index contributed by atoms with van der Waals surface area (Å²) in [6, 6.07) is 16.5. The van der Waals surface area contributed by atoms with E-state index in [1.54, 1.807) is 19.9 Å². The number of allylic oxidation sites excluding steroid dienone is 1. The molecule has 2 aromatic carbocycles. The fourth-order valence-corrected chi connectivity index (χ4v) is 6.28. The number of carbonyl (C=O) groups is 2. The molecular formula is C28H29ClN2O4S. The Labute approximate surface area is 220 Å². The van der Waals surface area contributed by atoms with Crippen LogP contribution in [0.1, 0.15) is 44.2 Å². The summed E-state index contributed by atoms with van der Waals surface area (Å²) in [5, 5.41) is 6.44. The topological polar surface area (TPSA) is 77.5 Å². The number of ether oxygens (including phenoxy) is 2. The Morgan fingerprint density at radius 2 is 1.81 bits per heavy atom. The third-order valence-electron chi connectivity index (χ3n) is 6.48. The van der Waals surface area contributed by atoms with E-state index in [0.29, 0.717) is 27.0 Å². The zero-order valence-corrected chi connectivity index (χ0v) is 22.3. The van der Waals surface area contributed by atoms with Crippen LogP contribution in [0.4, 0.5) is 0 Å². The van der Waals surface area contributed by atoms with Crippen molar-refractivity contribution < 1.29 is 19.1 Å². The summed E-state index contributed by atoms with van der Waals surface area (Å²) in [5.41, 5.74) is 2.09. The second kappa shape index (κ2) is 10.8. The van der Waals surface area contributed by atoms with E-state index in [-0.39, 0.29) is 13.2 Å². The lowest BCUT2D eigenvalue weighted by atomic mass is 9.62.